The van der Waals surface area contributed by atoms with Crippen LogP contribution in [-0.2, 0) is 0 Å². The number of hydrogen-bond donors (Lipinski definition) is 1. The van der Waals surface area contributed by atoms with Crippen LogP contribution >= 0.6 is 0 Å². The SMILES string of the molecule is CC1CN(C(CF)CF)CC(C)C1O. The zero-order valence-electron chi connectivity index (χ0n) is 8.79. The molecule has 1 N–H and O–H groups in total. The molecule has 14 heavy (non-hydrogen) atoms. The van der Waals surface area contributed by atoms with Gasteiger partial charge in [-0.15, -0.1) is 0 Å². The van der Waals surface area contributed by atoms with Crippen molar-refractivity contribution in [1.29, 1.82) is 0 Å². The lowest BCUT2D eigenvalue weighted by Crippen LogP contribution is -2.52. The van der Waals surface area contributed by atoms with E-state index in [-0.39, 0.29) is 17.9 Å². The molecule has 2 unspecified atom stereocenters. The number of likely N-dealkylation sites (tertiary alicyclic amines) is 1. The summed E-state index contributed by atoms with van der Waals surface area (Å²) in [5, 5.41) is 9.68. The molecule has 0 aromatic rings. The van der Waals surface area contributed by atoms with Crippen molar-refractivity contribution in [3.63, 3.8) is 0 Å². The van der Waals surface area contributed by atoms with Crippen molar-refractivity contribution < 1.29 is 13.9 Å². The molecule has 1 aliphatic heterocycles. The van der Waals surface area contributed by atoms with Crippen molar-refractivity contribution in [3.8, 4) is 0 Å². The largest absolute Gasteiger partial charge is 0.392 e. The van der Waals surface area contributed by atoms with E-state index in [1.165, 1.54) is 0 Å². The zero-order valence-corrected chi connectivity index (χ0v) is 8.79. The summed E-state index contributed by atoms with van der Waals surface area (Å²) < 4.78 is 24.9. The number of aliphatic hydroxyl groups is 1. The molecule has 2 atom stereocenters. The molecule has 0 radical (unpaired) electrons. The van der Waals surface area contributed by atoms with Crippen LogP contribution in [0.15, 0.2) is 0 Å². The summed E-state index contributed by atoms with van der Waals surface area (Å²) in [4.78, 5) is 1.81. The first kappa shape index (κ1) is 11.9. The third kappa shape index (κ3) is 2.42. The van der Waals surface area contributed by atoms with E-state index in [0.29, 0.717) is 13.1 Å². The maximum absolute atomic E-state index is 12.4. The summed E-state index contributed by atoms with van der Waals surface area (Å²) in [7, 11) is 0. The van der Waals surface area contributed by atoms with Gasteiger partial charge in [-0.2, -0.15) is 0 Å². The van der Waals surface area contributed by atoms with Gasteiger partial charge in [-0.1, -0.05) is 13.8 Å². The average molecular weight is 207 g/mol. The van der Waals surface area contributed by atoms with Gasteiger partial charge in [-0.25, -0.2) is 8.78 Å². The lowest BCUT2D eigenvalue weighted by Gasteiger charge is -2.41. The molecule has 1 aliphatic rings. The van der Waals surface area contributed by atoms with E-state index < -0.39 is 19.4 Å². The third-order valence-corrected chi connectivity index (χ3v) is 3.08. The number of alkyl halides is 2. The maximum Gasteiger partial charge on any atom is 0.107 e. The molecule has 0 amide bonds. The Balaban J connectivity index is 2.56. The third-order valence-electron chi connectivity index (χ3n) is 3.08. The Labute approximate surface area is 83.9 Å². The number of rotatable bonds is 3. The van der Waals surface area contributed by atoms with Crippen LogP contribution < -0.4 is 0 Å². The van der Waals surface area contributed by atoms with Gasteiger partial charge in [0.2, 0.25) is 0 Å². The molecule has 84 valence electrons. The second kappa shape index (κ2) is 5.03. The minimum atomic E-state index is -0.647. The van der Waals surface area contributed by atoms with Gasteiger partial charge in [0.05, 0.1) is 12.1 Å². The van der Waals surface area contributed by atoms with Crippen LogP contribution in [0, 0.1) is 11.8 Å². The van der Waals surface area contributed by atoms with Gasteiger partial charge < -0.3 is 5.11 Å². The summed E-state index contributed by atoms with van der Waals surface area (Å²) in [6, 6.07) is -0.618. The molecule has 0 aliphatic carbocycles. The van der Waals surface area contributed by atoms with E-state index in [1.807, 2.05) is 18.7 Å². The minimum Gasteiger partial charge on any atom is -0.392 e. The molecule has 1 saturated heterocycles. The van der Waals surface area contributed by atoms with Crippen molar-refractivity contribution in [2.75, 3.05) is 26.4 Å². The average Bonchev–Trinajstić information content (AvgIpc) is 2.16. The summed E-state index contributed by atoms with van der Waals surface area (Å²) in [6.45, 7) is 3.72. The Kier molecular flexibility index (Phi) is 4.26. The zero-order chi connectivity index (χ0) is 10.7. The Morgan fingerprint density at radius 1 is 1.21 bits per heavy atom. The molecule has 1 fully saturated rings. The molecule has 0 saturated carbocycles. The molecule has 4 heteroatoms. The predicted molar refractivity (Wildman–Crippen MR) is 51.6 cm³/mol. The number of piperidine rings is 1. The summed E-state index contributed by atoms with van der Waals surface area (Å²) in [5.41, 5.74) is 0. The van der Waals surface area contributed by atoms with Crippen LogP contribution in [0.25, 0.3) is 0 Å². The highest BCUT2D eigenvalue weighted by molar-refractivity contribution is 4.85. The van der Waals surface area contributed by atoms with Crippen LogP contribution in [0.1, 0.15) is 13.8 Å². The molecule has 0 spiro atoms. The topological polar surface area (TPSA) is 23.5 Å². The van der Waals surface area contributed by atoms with Gasteiger partial charge in [-0.05, 0) is 11.8 Å². The Hall–Kier alpha value is -0.220. The Bertz CT molecular complexity index is 164. The molecular weight excluding hydrogens is 188 g/mol. The van der Waals surface area contributed by atoms with Crippen LogP contribution in [0.4, 0.5) is 8.78 Å². The highest BCUT2D eigenvalue weighted by atomic mass is 19.1. The normalized spacial score (nSPS) is 35.1. The molecule has 0 aromatic heterocycles. The molecule has 1 rings (SSSR count). The predicted octanol–water partition coefficient (Wildman–Crippen LogP) is 1.24. The van der Waals surface area contributed by atoms with E-state index in [4.69, 9.17) is 0 Å². The highest BCUT2D eigenvalue weighted by Crippen LogP contribution is 2.23. The van der Waals surface area contributed by atoms with Gasteiger partial charge in [0.25, 0.3) is 0 Å². The first-order valence-corrected chi connectivity index (χ1v) is 5.14. The van der Waals surface area contributed by atoms with Crippen molar-refractivity contribution in [2.24, 2.45) is 11.8 Å². The Morgan fingerprint density at radius 3 is 2.00 bits per heavy atom. The smallest absolute Gasteiger partial charge is 0.107 e. The fourth-order valence-electron chi connectivity index (χ4n) is 2.13. The summed E-state index contributed by atoms with van der Waals surface area (Å²) in [5.74, 6) is 0.193. The second-order valence-corrected chi connectivity index (χ2v) is 4.36. The number of aliphatic hydroxyl groups excluding tert-OH is 1. The standard InChI is InChI=1S/C10H19F2NO/c1-7-5-13(9(3-11)4-12)6-8(2)10(7)14/h7-10,14H,3-6H2,1-2H3. The summed E-state index contributed by atoms with van der Waals surface area (Å²) in [6.07, 6.45) is -0.342. The van der Waals surface area contributed by atoms with Crippen LogP contribution in [0.5, 0.6) is 0 Å². The van der Waals surface area contributed by atoms with Gasteiger partial charge in [-0.3, -0.25) is 4.90 Å². The number of halogens is 2. The van der Waals surface area contributed by atoms with Crippen molar-refractivity contribution in [1.82, 2.24) is 4.90 Å². The van der Waals surface area contributed by atoms with Gasteiger partial charge in [0, 0.05) is 13.1 Å². The fourth-order valence-corrected chi connectivity index (χ4v) is 2.13. The van der Waals surface area contributed by atoms with E-state index in [1.54, 1.807) is 0 Å². The van der Waals surface area contributed by atoms with E-state index in [9.17, 15) is 13.9 Å². The number of hydrogen-bond acceptors (Lipinski definition) is 2. The lowest BCUT2D eigenvalue weighted by atomic mass is 9.88. The first-order valence-electron chi connectivity index (χ1n) is 5.14. The quantitative estimate of drug-likeness (QED) is 0.752. The fraction of sp³-hybridized carbons (Fsp3) is 1.00. The van der Waals surface area contributed by atoms with Gasteiger partial charge in [0.15, 0.2) is 0 Å². The van der Waals surface area contributed by atoms with E-state index in [0.717, 1.165) is 0 Å². The van der Waals surface area contributed by atoms with E-state index >= 15 is 0 Å². The first-order chi connectivity index (χ1) is 6.60. The van der Waals surface area contributed by atoms with E-state index in [2.05, 4.69) is 0 Å². The van der Waals surface area contributed by atoms with Crippen molar-refractivity contribution >= 4 is 0 Å². The monoisotopic (exact) mass is 207 g/mol. The molecule has 1 heterocycles. The van der Waals surface area contributed by atoms with Gasteiger partial charge >= 0.3 is 0 Å². The maximum atomic E-state index is 12.4. The molecular formula is C10H19F2NO. The van der Waals surface area contributed by atoms with Crippen LogP contribution in [0.2, 0.25) is 0 Å². The minimum absolute atomic E-state index is 0.0966. The van der Waals surface area contributed by atoms with Crippen LogP contribution in [-0.4, -0.2) is 48.6 Å². The molecule has 0 bridgehead atoms. The van der Waals surface area contributed by atoms with Crippen molar-refractivity contribution in [3.05, 3.63) is 0 Å². The van der Waals surface area contributed by atoms with Crippen LogP contribution in [0.3, 0.4) is 0 Å². The Morgan fingerprint density at radius 2 is 1.64 bits per heavy atom. The van der Waals surface area contributed by atoms with Gasteiger partial charge in [0.1, 0.15) is 13.3 Å². The second-order valence-electron chi connectivity index (χ2n) is 4.36. The summed E-state index contributed by atoms with van der Waals surface area (Å²) >= 11 is 0. The molecule has 2 nitrogen and oxygen atoms in total. The molecule has 0 aromatic carbocycles. The lowest BCUT2D eigenvalue weighted by molar-refractivity contribution is -0.0300. The number of nitrogens with zero attached hydrogens (tertiary/aromatic N) is 1. The van der Waals surface area contributed by atoms with Crippen molar-refractivity contribution in [2.45, 2.75) is 26.0 Å². The highest BCUT2D eigenvalue weighted by Gasteiger charge is 2.33.